The molecule has 2 aliphatic rings. The molecule has 0 aromatic heterocycles. The smallest absolute Gasteiger partial charge is 0.159 e. The highest BCUT2D eigenvalue weighted by Crippen LogP contribution is 2.32. The van der Waals surface area contributed by atoms with Crippen LogP contribution in [0.15, 0.2) is 48.5 Å². The molecule has 0 radical (unpaired) electrons. The number of carbonyl (C=O) groups is 2. The van der Waals surface area contributed by atoms with E-state index in [0.29, 0.717) is 0 Å². The van der Waals surface area contributed by atoms with Crippen LogP contribution in [0.25, 0.3) is 0 Å². The zero-order valence-corrected chi connectivity index (χ0v) is 20.3. The average Bonchev–Trinajstić information content (AvgIpc) is 2.83. The normalized spacial score (nSPS) is 18.1. The lowest BCUT2D eigenvalue weighted by Crippen LogP contribution is -2.45. The number of Topliss-reactive ketones (excluding diaryl/α,β-unsaturated/α-hetero) is 2. The Hall–Kier alpha value is -2.00. The predicted octanol–water partition coefficient (Wildman–Crippen LogP) is 4.25. The van der Waals surface area contributed by atoms with Crippen LogP contribution in [0, 0.1) is 0 Å². The highest BCUT2D eigenvalue weighted by atomic mass is 33.1. The third-order valence-corrected chi connectivity index (χ3v) is 8.68. The van der Waals surface area contributed by atoms with Crippen molar-refractivity contribution in [2.75, 3.05) is 62.2 Å². The van der Waals surface area contributed by atoms with Gasteiger partial charge in [-0.1, -0.05) is 0 Å². The molecule has 32 heavy (non-hydrogen) atoms. The third-order valence-electron chi connectivity index (χ3n) is 6.00. The number of benzene rings is 2. The van der Waals surface area contributed by atoms with E-state index in [1.165, 1.54) is 11.4 Å². The van der Waals surface area contributed by atoms with E-state index < -0.39 is 0 Å². The summed E-state index contributed by atoms with van der Waals surface area (Å²) in [5.41, 5.74) is 3.93. The van der Waals surface area contributed by atoms with Crippen molar-refractivity contribution in [3.8, 4) is 0 Å². The van der Waals surface area contributed by atoms with Gasteiger partial charge in [0.25, 0.3) is 0 Å². The first-order chi connectivity index (χ1) is 15.5. The van der Waals surface area contributed by atoms with E-state index in [0.717, 1.165) is 63.5 Å². The van der Waals surface area contributed by atoms with Crippen molar-refractivity contribution >= 4 is 44.9 Å². The van der Waals surface area contributed by atoms with Gasteiger partial charge >= 0.3 is 0 Å². The molecule has 0 N–H and O–H groups in total. The Balaban J connectivity index is 1.17. The molecule has 2 saturated heterocycles. The molecular formula is C24H30N4O2S2. The summed E-state index contributed by atoms with van der Waals surface area (Å²) < 4.78 is 4.88. The molecule has 170 valence electrons. The van der Waals surface area contributed by atoms with Crippen LogP contribution < -0.4 is 9.80 Å². The summed E-state index contributed by atoms with van der Waals surface area (Å²) in [5, 5.41) is 0. The van der Waals surface area contributed by atoms with Crippen LogP contribution in [0.3, 0.4) is 0 Å². The van der Waals surface area contributed by atoms with Gasteiger partial charge in [0.1, 0.15) is 0 Å². The van der Waals surface area contributed by atoms with E-state index >= 15 is 0 Å². The number of carbonyl (C=O) groups excluding carboxylic acids is 2. The van der Waals surface area contributed by atoms with Crippen LogP contribution in [0.2, 0.25) is 0 Å². The fraction of sp³-hybridized carbons (Fsp3) is 0.417. The number of piperazine rings is 2. The molecule has 0 atom stereocenters. The van der Waals surface area contributed by atoms with Gasteiger partial charge in [-0.3, -0.25) is 9.59 Å². The lowest BCUT2D eigenvalue weighted by molar-refractivity contribution is 0.100. The monoisotopic (exact) mass is 470 g/mol. The molecule has 2 aromatic rings. The first-order valence-corrected chi connectivity index (χ1v) is 13.1. The average molecular weight is 471 g/mol. The van der Waals surface area contributed by atoms with Gasteiger partial charge in [-0.15, -0.1) is 0 Å². The van der Waals surface area contributed by atoms with Crippen molar-refractivity contribution in [1.29, 1.82) is 0 Å². The molecule has 2 fully saturated rings. The van der Waals surface area contributed by atoms with E-state index in [1.807, 2.05) is 46.2 Å². The Morgan fingerprint density at radius 2 is 0.875 bits per heavy atom. The summed E-state index contributed by atoms with van der Waals surface area (Å²) in [4.78, 5) is 27.7. The zero-order valence-electron chi connectivity index (χ0n) is 18.7. The number of anilines is 2. The molecule has 6 nitrogen and oxygen atoms in total. The fourth-order valence-electron chi connectivity index (χ4n) is 3.95. The summed E-state index contributed by atoms with van der Waals surface area (Å²) in [6.45, 7) is 11.3. The van der Waals surface area contributed by atoms with Crippen LogP contribution >= 0.6 is 22.0 Å². The van der Waals surface area contributed by atoms with Crippen LogP contribution in [-0.4, -0.2) is 72.5 Å². The maximum absolute atomic E-state index is 11.5. The lowest BCUT2D eigenvalue weighted by atomic mass is 10.1. The molecule has 0 amide bonds. The molecule has 2 aromatic carbocycles. The molecule has 0 aliphatic carbocycles. The van der Waals surface area contributed by atoms with Crippen LogP contribution in [0.1, 0.15) is 34.6 Å². The lowest BCUT2D eigenvalue weighted by Gasteiger charge is -2.38. The van der Waals surface area contributed by atoms with Crippen molar-refractivity contribution in [2.45, 2.75) is 13.8 Å². The first-order valence-electron chi connectivity index (χ1n) is 11.1. The van der Waals surface area contributed by atoms with E-state index in [1.54, 1.807) is 13.8 Å². The van der Waals surface area contributed by atoms with Crippen LogP contribution in [0.5, 0.6) is 0 Å². The van der Waals surface area contributed by atoms with Gasteiger partial charge in [0.2, 0.25) is 0 Å². The largest absolute Gasteiger partial charge is 0.369 e. The Kier molecular flexibility index (Phi) is 7.78. The van der Waals surface area contributed by atoms with Gasteiger partial charge in [-0.2, -0.15) is 0 Å². The standard InChI is InChI=1S/C24H30N4O2S2/c1-19(29)21-3-7-23(8-4-21)25-11-15-27(16-12-25)31-32-28-17-13-26(14-18-28)24-9-5-22(6-10-24)20(2)30/h3-10H,11-18H2,1-2H3. The number of ketones is 2. The minimum Gasteiger partial charge on any atom is -0.369 e. The van der Waals surface area contributed by atoms with Gasteiger partial charge in [0.05, 0.1) is 0 Å². The summed E-state index contributed by atoms with van der Waals surface area (Å²) in [7, 11) is 3.72. The summed E-state index contributed by atoms with van der Waals surface area (Å²) in [6.07, 6.45) is 0. The van der Waals surface area contributed by atoms with Gasteiger partial charge < -0.3 is 9.80 Å². The van der Waals surface area contributed by atoms with E-state index in [-0.39, 0.29) is 11.6 Å². The quantitative estimate of drug-likeness (QED) is 0.338. The van der Waals surface area contributed by atoms with Gasteiger partial charge in [-0.25, -0.2) is 8.61 Å². The molecule has 2 aliphatic heterocycles. The van der Waals surface area contributed by atoms with Crippen molar-refractivity contribution in [2.24, 2.45) is 0 Å². The Bertz CT molecular complexity index is 843. The first kappa shape index (κ1) is 23.2. The summed E-state index contributed by atoms with van der Waals surface area (Å²) in [5.74, 6) is 0.225. The Morgan fingerprint density at radius 3 is 1.16 bits per heavy atom. The Labute approximate surface area is 198 Å². The fourth-order valence-corrected chi connectivity index (χ4v) is 6.22. The number of hydrogen-bond acceptors (Lipinski definition) is 8. The molecule has 8 heteroatoms. The number of rotatable bonds is 7. The maximum Gasteiger partial charge on any atom is 0.159 e. The molecule has 0 spiro atoms. The summed E-state index contributed by atoms with van der Waals surface area (Å²) >= 11 is 0. The number of hydrogen-bond donors (Lipinski definition) is 0. The van der Waals surface area contributed by atoms with Crippen molar-refractivity contribution < 1.29 is 9.59 Å². The summed E-state index contributed by atoms with van der Waals surface area (Å²) in [6, 6.07) is 15.9. The van der Waals surface area contributed by atoms with Crippen molar-refractivity contribution in [3.63, 3.8) is 0 Å². The van der Waals surface area contributed by atoms with Crippen molar-refractivity contribution in [3.05, 3.63) is 59.7 Å². The molecule has 0 bridgehead atoms. The maximum atomic E-state index is 11.5. The van der Waals surface area contributed by atoms with Gasteiger partial charge in [-0.05, 0) is 62.4 Å². The number of nitrogens with zero attached hydrogens (tertiary/aromatic N) is 4. The second kappa shape index (κ2) is 10.7. The highest BCUT2D eigenvalue weighted by Gasteiger charge is 2.22. The minimum atomic E-state index is 0.113. The zero-order chi connectivity index (χ0) is 22.5. The van der Waals surface area contributed by atoms with E-state index in [4.69, 9.17) is 0 Å². The third kappa shape index (κ3) is 5.86. The SMILES string of the molecule is CC(=O)c1ccc(N2CCN(SSN3CCN(c4ccc(C(C)=O)cc4)CC3)CC2)cc1. The second-order valence-electron chi connectivity index (χ2n) is 8.19. The van der Waals surface area contributed by atoms with Gasteiger partial charge in [0.15, 0.2) is 11.6 Å². The topological polar surface area (TPSA) is 47.1 Å². The molecule has 2 heterocycles. The molecule has 0 saturated carbocycles. The minimum absolute atomic E-state index is 0.113. The van der Waals surface area contributed by atoms with Crippen LogP contribution in [0.4, 0.5) is 11.4 Å². The van der Waals surface area contributed by atoms with E-state index in [2.05, 4.69) is 42.7 Å². The molecule has 4 rings (SSSR count). The Morgan fingerprint density at radius 1 is 0.562 bits per heavy atom. The van der Waals surface area contributed by atoms with E-state index in [9.17, 15) is 9.59 Å². The van der Waals surface area contributed by atoms with Gasteiger partial charge in [0, 0.05) is 96.8 Å². The highest BCUT2D eigenvalue weighted by molar-refractivity contribution is 8.74. The molecular weight excluding hydrogens is 440 g/mol. The molecule has 0 unspecified atom stereocenters. The predicted molar refractivity (Wildman–Crippen MR) is 136 cm³/mol. The second-order valence-corrected chi connectivity index (χ2v) is 10.4. The van der Waals surface area contributed by atoms with Crippen LogP contribution in [-0.2, 0) is 0 Å². The van der Waals surface area contributed by atoms with Crippen molar-refractivity contribution in [1.82, 2.24) is 8.61 Å².